The third kappa shape index (κ3) is 4.78. The van der Waals surface area contributed by atoms with Gasteiger partial charge in [0.1, 0.15) is 0 Å². The summed E-state index contributed by atoms with van der Waals surface area (Å²) in [6.07, 6.45) is -9.44. The second-order valence-corrected chi connectivity index (χ2v) is 10.2. The fraction of sp³-hybridized carbons (Fsp3) is 0.111. The fourth-order valence-electron chi connectivity index (χ4n) is 2.60. The SMILES string of the molecule is O=S(=O)(c1ccc(C(F)(F)F)cc1)c1ccc(S(=O)(=O)c2ccc(C(F)(F)F)cc2)[n+]([O-])n1. The van der Waals surface area contributed by atoms with Crippen LogP contribution in [0.25, 0.3) is 0 Å². The van der Waals surface area contributed by atoms with Crippen LogP contribution in [0.15, 0.2) is 80.5 Å². The second-order valence-electron chi connectivity index (χ2n) is 6.43. The Morgan fingerprint density at radius 3 is 1.39 bits per heavy atom. The molecular weight excluding hydrogens is 502 g/mol. The van der Waals surface area contributed by atoms with Gasteiger partial charge < -0.3 is 5.21 Å². The summed E-state index contributed by atoms with van der Waals surface area (Å²) in [5.74, 6) is 0. The van der Waals surface area contributed by atoms with Crippen LogP contribution in [0.1, 0.15) is 11.1 Å². The van der Waals surface area contributed by atoms with Gasteiger partial charge in [0.15, 0.2) is 0 Å². The first kappa shape index (κ1) is 24.4. The Morgan fingerprint density at radius 1 is 0.636 bits per heavy atom. The Labute approximate surface area is 182 Å². The summed E-state index contributed by atoms with van der Waals surface area (Å²) in [5, 5.41) is 13.3. The van der Waals surface area contributed by atoms with Crippen molar-refractivity contribution in [3.63, 3.8) is 0 Å². The van der Waals surface area contributed by atoms with Crippen LogP contribution in [0, 0.1) is 5.21 Å². The molecule has 1 heterocycles. The minimum absolute atomic E-state index is 0.485. The zero-order valence-electron chi connectivity index (χ0n) is 15.8. The standard InChI is InChI=1S/C18H10F6N2O5S2/c19-17(20,21)11-1-5-13(6-2-11)32(28,29)15-9-10-16(26(27)25-15)33(30,31)14-7-3-12(4-8-14)18(22,23)24/h1-10H. The number of hydrogen-bond donors (Lipinski definition) is 0. The quantitative estimate of drug-likeness (QED) is 0.301. The maximum absolute atomic E-state index is 12.7. The van der Waals surface area contributed by atoms with Crippen molar-refractivity contribution in [2.45, 2.75) is 32.2 Å². The minimum Gasteiger partial charge on any atom is -0.593 e. The monoisotopic (exact) mass is 512 g/mol. The van der Waals surface area contributed by atoms with Crippen molar-refractivity contribution in [2.24, 2.45) is 0 Å². The molecule has 0 aliphatic carbocycles. The molecule has 0 saturated heterocycles. The highest BCUT2D eigenvalue weighted by atomic mass is 32.2. The molecule has 0 radical (unpaired) electrons. The summed E-state index contributed by atoms with van der Waals surface area (Å²) in [6.45, 7) is 0. The zero-order chi connectivity index (χ0) is 24.8. The lowest BCUT2D eigenvalue weighted by Gasteiger charge is -2.09. The van der Waals surface area contributed by atoms with Crippen LogP contribution in [0.5, 0.6) is 0 Å². The van der Waals surface area contributed by atoms with E-state index in [1.165, 1.54) is 0 Å². The highest BCUT2D eigenvalue weighted by molar-refractivity contribution is 7.91. The zero-order valence-corrected chi connectivity index (χ0v) is 17.4. The molecule has 0 N–H and O–H groups in total. The first-order valence-corrected chi connectivity index (χ1v) is 11.5. The summed E-state index contributed by atoms with van der Waals surface area (Å²) in [5.41, 5.74) is -2.25. The summed E-state index contributed by atoms with van der Waals surface area (Å²) in [6, 6.07) is 5.70. The summed E-state index contributed by atoms with van der Waals surface area (Å²) in [7, 11) is -9.27. The molecule has 1 aromatic heterocycles. The van der Waals surface area contributed by atoms with Gasteiger partial charge in [-0.25, -0.2) is 16.8 Å². The van der Waals surface area contributed by atoms with Crippen LogP contribution >= 0.6 is 0 Å². The van der Waals surface area contributed by atoms with E-state index in [9.17, 15) is 48.4 Å². The number of benzene rings is 2. The van der Waals surface area contributed by atoms with Crippen molar-refractivity contribution >= 4 is 19.7 Å². The lowest BCUT2D eigenvalue weighted by molar-refractivity contribution is -0.711. The van der Waals surface area contributed by atoms with Crippen molar-refractivity contribution in [1.29, 1.82) is 0 Å². The fourth-order valence-corrected chi connectivity index (χ4v) is 5.00. The topological polar surface area (TPSA) is 108 Å². The molecule has 15 heteroatoms. The Kier molecular flexibility index (Phi) is 5.91. The van der Waals surface area contributed by atoms with Gasteiger partial charge in [0.05, 0.1) is 20.9 Å². The molecule has 2 aromatic carbocycles. The molecule has 0 spiro atoms. The van der Waals surface area contributed by atoms with Gasteiger partial charge in [-0.15, -0.1) is 0 Å². The largest absolute Gasteiger partial charge is 0.593 e. The van der Waals surface area contributed by atoms with Crippen LogP contribution < -0.4 is 4.85 Å². The molecular formula is C18H10F6N2O5S2. The van der Waals surface area contributed by atoms with Gasteiger partial charge in [-0.05, 0) is 59.4 Å². The van der Waals surface area contributed by atoms with Crippen molar-refractivity contribution in [2.75, 3.05) is 0 Å². The van der Waals surface area contributed by atoms with Crippen LogP contribution in [0.3, 0.4) is 0 Å². The molecule has 33 heavy (non-hydrogen) atoms. The molecule has 0 bridgehead atoms. The van der Waals surface area contributed by atoms with Crippen molar-refractivity contribution in [3.8, 4) is 0 Å². The van der Waals surface area contributed by atoms with E-state index in [2.05, 4.69) is 5.10 Å². The Hall–Kier alpha value is -3.20. The number of nitrogens with zero attached hydrogens (tertiary/aromatic N) is 2. The van der Waals surface area contributed by atoms with Gasteiger partial charge in [0, 0.05) is 11.2 Å². The first-order valence-electron chi connectivity index (χ1n) is 8.50. The number of sulfone groups is 2. The van der Waals surface area contributed by atoms with E-state index >= 15 is 0 Å². The maximum atomic E-state index is 12.7. The smallest absolute Gasteiger partial charge is 0.416 e. The predicted octanol–water partition coefficient (Wildman–Crippen LogP) is 3.42. The molecule has 7 nitrogen and oxygen atoms in total. The van der Waals surface area contributed by atoms with E-state index in [-0.39, 0.29) is 0 Å². The highest BCUT2D eigenvalue weighted by Crippen LogP contribution is 2.32. The average Bonchev–Trinajstić information content (AvgIpc) is 2.72. The van der Waals surface area contributed by atoms with E-state index in [1.54, 1.807) is 0 Å². The summed E-state index contributed by atoms with van der Waals surface area (Å²) < 4.78 is 126. The van der Waals surface area contributed by atoms with E-state index < -0.39 is 67.8 Å². The van der Waals surface area contributed by atoms with Crippen molar-refractivity contribution in [3.05, 3.63) is 77.0 Å². The highest BCUT2D eigenvalue weighted by Gasteiger charge is 2.34. The number of halogens is 6. The minimum atomic E-state index is -4.73. The van der Waals surface area contributed by atoms with Crippen molar-refractivity contribution in [1.82, 2.24) is 5.10 Å². The molecule has 0 aliphatic heterocycles. The number of hydrogen-bond acceptors (Lipinski definition) is 6. The van der Waals surface area contributed by atoms with Crippen LogP contribution in [-0.2, 0) is 32.0 Å². The third-order valence-electron chi connectivity index (χ3n) is 4.28. The van der Waals surface area contributed by atoms with E-state index in [0.717, 1.165) is 0 Å². The van der Waals surface area contributed by atoms with Crippen molar-refractivity contribution < 1.29 is 48.0 Å². The molecule has 176 valence electrons. The lowest BCUT2D eigenvalue weighted by Crippen LogP contribution is -2.39. The lowest BCUT2D eigenvalue weighted by atomic mass is 10.2. The summed E-state index contributed by atoms with van der Waals surface area (Å²) >= 11 is 0. The molecule has 0 aliphatic rings. The normalized spacial score (nSPS) is 13.2. The van der Waals surface area contributed by atoms with Gasteiger partial charge in [-0.1, -0.05) is 0 Å². The van der Waals surface area contributed by atoms with Gasteiger partial charge >= 0.3 is 17.4 Å². The van der Waals surface area contributed by atoms with Gasteiger partial charge in [-0.2, -0.15) is 26.3 Å². The molecule has 0 unspecified atom stereocenters. The number of alkyl halides is 6. The number of aromatic nitrogens is 2. The molecule has 0 saturated carbocycles. The molecule has 0 fully saturated rings. The maximum Gasteiger partial charge on any atom is 0.416 e. The van der Waals surface area contributed by atoms with Gasteiger partial charge in [0.2, 0.25) is 14.9 Å². The predicted molar refractivity (Wildman–Crippen MR) is 97.0 cm³/mol. The van der Waals surface area contributed by atoms with E-state index in [1.807, 2.05) is 0 Å². The Balaban J connectivity index is 1.98. The Bertz CT molecular complexity index is 1400. The Morgan fingerprint density at radius 2 is 1.03 bits per heavy atom. The van der Waals surface area contributed by atoms with E-state index in [4.69, 9.17) is 0 Å². The van der Waals surface area contributed by atoms with Crippen LogP contribution in [0.4, 0.5) is 26.3 Å². The molecule has 0 atom stereocenters. The van der Waals surface area contributed by atoms with Gasteiger partial charge in [0.25, 0.3) is 9.84 Å². The average molecular weight is 512 g/mol. The first-order chi connectivity index (χ1) is 15.0. The molecule has 3 rings (SSSR count). The van der Waals surface area contributed by atoms with Crippen LogP contribution in [0.2, 0.25) is 0 Å². The molecule has 0 amide bonds. The molecule has 3 aromatic rings. The second kappa shape index (κ2) is 7.98. The van der Waals surface area contributed by atoms with E-state index in [0.29, 0.717) is 60.7 Å². The third-order valence-corrected chi connectivity index (χ3v) is 7.68. The number of rotatable bonds is 4. The van der Waals surface area contributed by atoms with Gasteiger partial charge in [-0.3, -0.25) is 0 Å². The summed E-state index contributed by atoms with van der Waals surface area (Å²) in [4.78, 5) is -1.87. The van der Waals surface area contributed by atoms with Crippen LogP contribution in [-0.4, -0.2) is 21.9 Å².